The number of hydrogen-bond acceptors (Lipinski definition) is 2. The molecule has 2 nitrogen and oxygen atoms in total. The normalized spacial score (nSPS) is 10.9. The molecule has 0 saturated carbocycles. The van der Waals surface area contributed by atoms with Crippen molar-refractivity contribution in [3.05, 3.63) is 20.2 Å². The average Bonchev–Trinajstić information content (AvgIpc) is 2.64. The minimum absolute atomic E-state index is 0.123. The van der Waals surface area contributed by atoms with Crippen molar-refractivity contribution in [3.8, 4) is 0 Å². The molecule has 17 heavy (non-hydrogen) atoms. The van der Waals surface area contributed by atoms with Gasteiger partial charge in [0, 0.05) is 11.9 Å². The number of aryl methyl sites for hydroxylation is 1. The first kappa shape index (κ1) is 15.0. The Bertz CT molecular complexity index is 359. The number of unbranched alkanes of at least 4 members (excludes halogenated alkanes) is 7. The van der Waals surface area contributed by atoms with Crippen LogP contribution in [0.15, 0.2) is 14.6 Å². The number of hydrogen-bond donors (Lipinski definition) is 0. The molecule has 0 bridgehead atoms. The Morgan fingerprint density at radius 2 is 1.71 bits per heavy atom. The molecule has 1 heterocycles. The average molecular weight is 320 g/mol. The van der Waals surface area contributed by atoms with Crippen LogP contribution in [0.4, 0.5) is 0 Å². The highest BCUT2D eigenvalue weighted by molar-refractivity contribution is 9.10. The van der Waals surface area contributed by atoms with Crippen molar-refractivity contribution in [3.63, 3.8) is 0 Å². The van der Waals surface area contributed by atoms with Gasteiger partial charge in [0.1, 0.15) is 0 Å². The van der Waals surface area contributed by atoms with Crippen LogP contribution in [0.2, 0.25) is 0 Å². The second kappa shape index (κ2) is 8.92. The SMILES string of the molecule is CCCCCCCCCCn1scc(Br)c1=O. The first-order chi connectivity index (χ1) is 8.25. The van der Waals surface area contributed by atoms with Crippen molar-refractivity contribution in [2.75, 3.05) is 0 Å². The van der Waals surface area contributed by atoms with E-state index in [-0.39, 0.29) is 5.56 Å². The molecule has 1 aromatic heterocycles. The molecule has 0 aliphatic carbocycles. The zero-order valence-corrected chi connectivity index (χ0v) is 13.0. The lowest BCUT2D eigenvalue weighted by Crippen LogP contribution is -2.13. The van der Waals surface area contributed by atoms with Gasteiger partial charge in [0.15, 0.2) is 0 Å². The van der Waals surface area contributed by atoms with Crippen molar-refractivity contribution in [1.82, 2.24) is 3.96 Å². The lowest BCUT2D eigenvalue weighted by molar-refractivity contribution is 0.551. The van der Waals surface area contributed by atoms with Crippen LogP contribution in [-0.4, -0.2) is 3.96 Å². The van der Waals surface area contributed by atoms with Crippen molar-refractivity contribution in [1.29, 1.82) is 0 Å². The zero-order valence-electron chi connectivity index (χ0n) is 10.6. The van der Waals surface area contributed by atoms with Crippen LogP contribution >= 0.6 is 27.5 Å². The predicted octanol–water partition coefficient (Wildman–Crippen LogP) is 4.81. The summed E-state index contributed by atoms with van der Waals surface area (Å²) < 4.78 is 2.53. The first-order valence-corrected chi connectivity index (χ1v) is 8.23. The Kier molecular flexibility index (Phi) is 7.86. The first-order valence-electron chi connectivity index (χ1n) is 6.60. The van der Waals surface area contributed by atoms with Crippen LogP contribution in [0.25, 0.3) is 0 Å². The minimum atomic E-state index is 0.123. The third kappa shape index (κ3) is 5.87. The summed E-state index contributed by atoms with van der Waals surface area (Å²) in [6.45, 7) is 3.13. The minimum Gasteiger partial charge on any atom is -0.267 e. The van der Waals surface area contributed by atoms with Crippen LogP contribution in [0.3, 0.4) is 0 Å². The van der Waals surface area contributed by atoms with Crippen molar-refractivity contribution < 1.29 is 0 Å². The molecule has 1 rings (SSSR count). The van der Waals surface area contributed by atoms with Crippen LogP contribution in [-0.2, 0) is 6.54 Å². The molecule has 0 aromatic carbocycles. The highest BCUT2D eigenvalue weighted by atomic mass is 79.9. The monoisotopic (exact) mass is 319 g/mol. The molecule has 0 fully saturated rings. The Labute approximate surface area is 116 Å². The van der Waals surface area contributed by atoms with E-state index in [0.717, 1.165) is 13.0 Å². The predicted molar refractivity (Wildman–Crippen MR) is 78.9 cm³/mol. The van der Waals surface area contributed by atoms with Gasteiger partial charge in [0.25, 0.3) is 5.56 Å². The summed E-state index contributed by atoms with van der Waals surface area (Å²) in [6.07, 6.45) is 10.5. The standard InChI is InChI=1S/C13H22BrNOS/c1-2-3-4-5-6-7-8-9-10-15-13(16)12(14)11-17-15/h11H,2-10H2,1H3. The summed E-state index contributed by atoms with van der Waals surface area (Å²) >= 11 is 4.76. The molecule has 4 heteroatoms. The molecular formula is C13H22BrNOS. The molecule has 0 aliphatic heterocycles. The van der Waals surface area contributed by atoms with Gasteiger partial charge in [-0.2, -0.15) is 0 Å². The van der Waals surface area contributed by atoms with Gasteiger partial charge in [-0.05, 0) is 22.4 Å². The molecular weight excluding hydrogens is 298 g/mol. The van der Waals surface area contributed by atoms with Gasteiger partial charge in [-0.1, -0.05) is 63.4 Å². The third-order valence-electron chi connectivity index (χ3n) is 2.93. The Balaban J connectivity index is 2.01. The molecule has 1 aromatic rings. The number of rotatable bonds is 9. The molecule has 0 unspecified atom stereocenters. The van der Waals surface area contributed by atoms with Gasteiger partial charge < -0.3 is 0 Å². The maximum atomic E-state index is 11.5. The smallest absolute Gasteiger partial charge is 0.267 e. The molecule has 0 N–H and O–H groups in total. The zero-order chi connectivity index (χ0) is 12.5. The third-order valence-corrected chi connectivity index (χ3v) is 4.74. The van der Waals surface area contributed by atoms with Gasteiger partial charge in [-0.25, -0.2) is 0 Å². The second-order valence-corrected chi connectivity index (χ2v) is 6.19. The van der Waals surface area contributed by atoms with Gasteiger partial charge in [-0.3, -0.25) is 8.75 Å². The molecule has 98 valence electrons. The number of halogens is 1. The van der Waals surface area contributed by atoms with Crippen LogP contribution in [0.1, 0.15) is 58.3 Å². The largest absolute Gasteiger partial charge is 0.274 e. The van der Waals surface area contributed by atoms with E-state index in [9.17, 15) is 4.79 Å². The highest BCUT2D eigenvalue weighted by Gasteiger charge is 2.02. The van der Waals surface area contributed by atoms with E-state index in [1.165, 1.54) is 56.5 Å². The molecule has 0 radical (unpaired) electrons. The Morgan fingerprint density at radius 1 is 1.12 bits per heavy atom. The lowest BCUT2D eigenvalue weighted by atomic mass is 10.1. The summed E-state index contributed by atoms with van der Waals surface area (Å²) in [7, 11) is 0. The summed E-state index contributed by atoms with van der Waals surface area (Å²) in [5, 5.41) is 1.87. The molecule has 0 aliphatic rings. The fourth-order valence-electron chi connectivity index (χ4n) is 1.87. The molecule has 0 saturated heterocycles. The summed E-state index contributed by atoms with van der Waals surface area (Å²) in [4.78, 5) is 11.5. The molecule has 0 spiro atoms. The van der Waals surface area contributed by atoms with Crippen molar-refractivity contribution in [2.45, 2.75) is 64.8 Å². The number of nitrogens with zero attached hydrogens (tertiary/aromatic N) is 1. The van der Waals surface area contributed by atoms with E-state index in [2.05, 4.69) is 22.9 Å². The molecule has 0 atom stereocenters. The van der Waals surface area contributed by atoms with Crippen LogP contribution < -0.4 is 5.56 Å². The van der Waals surface area contributed by atoms with Gasteiger partial charge >= 0.3 is 0 Å². The Morgan fingerprint density at radius 3 is 2.24 bits per heavy atom. The van der Waals surface area contributed by atoms with Gasteiger partial charge in [-0.15, -0.1) is 0 Å². The summed E-state index contributed by atoms with van der Waals surface area (Å²) in [6, 6.07) is 0. The maximum Gasteiger partial charge on any atom is 0.274 e. The molecule has 0 amide bonds. The fourth-order valence-corrected chi connectivity index (χ4v) is 3.20. The van der Waals surface area contributed by atoms with E-state index in [1.807, 2.05) is 9.34 Å². The van der Waals surface area contributed by atoms with E-state index in [4.69, 9.17) is 0 Å². The number of aromatic nitrogens is 1. The van der Waals surface area contributed by atoms with E-state index in [0.29, 0.717) is 4.47 Å². The van der Waals surface area contributed by atoms with E-state index in [1.54, 1.807) is 0 Å². The topological polar surface area (TPSA) is 22.0 Å². The fraction of sp³-hybridized carbons (Fsp3) is 0.769. The summed E-state index contributed by atoms with van der Waals surface area (Å²) in [5.41, 5.74) is 0.123. The van der Waals surface area contributed by atoms with Gasteiger partial charge in [0.05, 0.1) is 4.47 Å². The summed E-state index contributed by atoms with van der Waals surface area (Å²) in [5.74, 6) is 0. The van der Waals surface area contributed by atoms with E-state index >= 15 is 0 Å². The van der Waals surface area contributed by atoms with Crippen LogP contribution in [0.5, 0.6) is 0 Å². The second-order valence-electron chi connectivity index (χ2n) is 4.45. The van der Waals surface area contributed by atoms with E-state index < -0.39 is 0 Å². The van der Waals surface area contributed by atoms with Gasteiger partial charge in [0.2, 0.25) is 0 Å². The lowest BCUT2D eigenvalue weighted by Gasteiger charge is -2.02. The van der Waals surface area contributed by atoms with Crippen molar-refractivity contribution in [2.24, 2.45) is 0 Å². The Hall–Kier alpha value is -0.0900. The van der Waals surface area contributed by atoms with Crippen LogP contribution in [0, 0.1) is 0 Å². The maximum absolute atomic E-state index is 11.5. The highest BCUT2D eigenvalue weighted by Crippen LogP contribution is 2.11. The van der Waals surface area contributed by atoms with Crippen molar-refractivity contribution >= 4 is 27.5 Å². The quantitative estimate of drug-likeness (QED) is 0.598.